The van der Waals surface area contributed by atoms with E-state index >= 15 is 0 Å². The highest BCUT2D eigenvalue weighted by Crippen LogP contribution is 2.30. The first-order valence-electron chi connectivity index (χ1n) is 9.32. The Morgan fingerprint density at radius 3 is 2.16 bits per heavy atom. The fourth-order valence-corrected chi connectivity index (χ4v) is 5.03. The summed E-state index contributed by atoms with van der Waals surface area (Å²) in [7, 11) is -4.03. The molecule has 3 rings (SSSR count). The molecule has 8 nitrogen and oxygen atoms in total. The van der Waals surface area contributed by atoms with Crippen LogP contribution in [-0.2, 0) is 10.0 Å². The number of nitro benzene ring substituents is 1. The molecule has 2 aromatic carbocycles. The molecule has 0 bridgehead atoms. The molecule has 1 atom stereocenters. The molecular weight excluding hydrogens is 439 g/mol. The van der Waals surface area contributed by atoms with E-state index in [-0.39, 0.29) is 29.8 Å². The minimum Gasteiger partial charge on any atom is -0.406 e. The molecule has 12 heteroatoms. The van der Waals surface area contributed by atoms with Crippen LogP contribution in [0.2, 0.25) is 0 Å². The summed E-state index contributed by atoms with van der Waals surface area (Å²) in [5, 5.41) is 11.2. The van der Waals surface area contributed by atoms with Gasteiger partial charge in [-0.2, -0.15) is 4.31 Å². The average molecular weight is 459 g/mol. The van der Waals surface area contributed by atoms with Gasteiger partial charge in [0.1, 0.15) is 5.75 Å². The maximum atomic E-state index is 12.9. The standard InChI is InChI=1S/C19H20F3N3O5S/c1-14(15-6-8-16(9-7-15)30-19(20,21)22)23-10-12-24(13-11-23)31(28,29)18-5-3-2-4-17(18)25(26)27/h2-9,14H,10-13H2,1H3. The van der Waals surface area contributed by atoms with Gasteiger partial charge in [0.2, 0.25) is 10.0 Å². The van der Waals surface area contributed by atoms with Gasteiger partial charge in [0, 0.05) is 38.3 Å². The normalized spacial score (nSPS) is 17.3. The number of nitro groups is 1. The molecular formula is C19H20F3N3O5S. The number of halogens is 3. The third-order valence-electron chi connectivity index (χ3n) is 5.10. The quantitative estimate of drug-likeness (QED) is 0.485. The van der Waals surface area contributed by atoms with E-state index in [2.05, 4.69) is 4.74 Å². The number of benzene rings is 2. The van der Waals surface area contributed by atoms with E-state index in [0.29, 0.717) is 13.1 Å². The zero-order valence-corrected chi connectivity index (χ0v) is 17.3. The Balaban J connectivity index is 1.67. The lowest BCUT2D eigenvalue weighted by Gasteiger charge is -2.37. The highest BCUT2D eigenvalue weighted by Gasteiger charge is 2.35. The fourth-order valence-electron chi connectivity index (χ4n) is 3.46. The summed E-state index contributed by atoms with van der Waals surface area (Å²) in [5.74, 6) is -0.316. The van der Waals surface area contributed by atoms with E-state index in [1.807, 2.05) is 11.8 Å². The number of ether oxygens (including phenoxy) is 1. The van der Waals surface area contributed by atoms with Gasteiger partial charge in [-0.05, 0) is 30.7 Å². The molecule has 31 heavy (non-hydrogen) atoms. The van der Waals surface area contributed by atoms with E-state index in [1.165, 1.54) is 46.8 Å². The first kappa shape index (κ1) is 23.0. The van der Waals surface area contributed by atoms with Gasteiger partial charge < -0.3 is 4.74 Å². The topological polar surface area (TPSA) is 93.0 Å². The molecule has 1 fully saturated rings. The fraction of sp³-hybridized carbons (Fsp3) is 0.368. The van der Waals surface area contributed by atoms with Crippen molar-refractivity contribution in [3.63, 3.8) is 0 Å². The van der Waals surface area contributed by atoms with Crippen molar-refractivity contribution in [3.05, 3.63) is 64.2 Å². The number of alkyl halides is 3. The van der Waals surface area contributed by atoms with Gasteiger partial charge in [-0.3, -0.25) is 15.0 Å². The number of sulfonamides is 1. The third-order valence-corrected chi connectivity index (χ3v) is 7.04. The van der Waals surface area contributed by atoms with Crippen molar-refractivity contribution in [1.29, 1.82) is 0 Å². The van der Waals surface area contributed by atoms with Gasteiger partial charge in [-0.15, -0.1) is 13.2 Å². The van der Waals surface area contributed by atoms with Gasteiger partial charge >= 0.3 is 6.36 Å². The van der Waals surface area contributed by atoms with Gasteiger partial charge in [-0.1, -0.05) is 24.3 Å². The summed E-state index contributed by atoms with van der Waals surface area (Å²) >= 11 is 0. The highest BCUT2D eigenvalue weighted by atomic mass is 32.2. The van der Waals surface area contributed by atoms with E-state index < -0.39 is 27.0 Å². The first-order chi connectivity index (χ1) is 14.5. The molecule has 1 unspecified atom stereocenters. The lowest BCUT2D eigenvalue weighted by Crippen LogP contribution is -2.49. The summed E-state index contributed by atoms with van der Waals surface area (Å²) in [6.07, 6.45) is -4.76. The first-order valence-corrected chi connectivity index (χ1v) is 10.8. The van der Waals surface area contributed by atoms with Crippen molar-refractivity contribution < 1.29 is 31.2 Å². The molecule has 1 aliphatic heterocycles. The Morgan fingerprint density at radius 2 is 1.61 bits per heavy atom. The van der Waals surface area contributed by atoms with Crippen LogP contribution in [0.5, 0.6) is 5.75 Å². The van der Waals surface area contributed by atoms with Crippen molar-refractivity contribution in [1.82, 2.24) is 9.21 Å². The molecule has 0 aromatic heterocycles. The maximum absolute atomic E-state index is 12.9. The Kier molecular flexibility index (Phi) is 6.53. The summed E-state index contributed by atoms with van der Waals surface area (Å²) in [6, 6.07) is 10.6. The predicted octanol–water partition coefficient (Wildman–Crippen LogP) is 3.56. The van der Waals surface area contributed by atoms with Crippen LogP contribution in [0.3, 0.4) is 0 Å². The Bertz CT molecular complexity index is 1040. The van der Waals surface area contributed by atoms with Crippen molar-refractivity contribution in [3.8, 4) is 5.75 Å². The Morgan fingerprint density at radius 1 is 1.03 bits per heavy atom. The lowest BCUT2D eigenvalue weighted by molar-refractivity contribution is -0.387. The molecule has 1 saturated heterocycles. The molecule has 1 aliphatic rings. The van der Waals surface area contributed by atoms with Crippen LogP contribution in [0.1, 0.15) is 18.5 Å². The van der Waals surface area contributed by atoms with Gasteiger partial charge in [0.15, 0.2) is 4.90 Å². The van der Waals surface area contributed by atoms with Gasteiger partial charge in [0.25, 0.3) is 5.69 Å². The van der Waals surface area contributed by atoms with Crippen LogP contribution in [0, 0.1) is 10.1 Å². The third kappa shape index (κ3) is 5.32. The highest BCUT2D eigenvalue weighted by molar-refractivity contribution is 7.89. The molecule has 0 radical (unpaired) electrons. The van der Waals surface area contributed by atoms with Gasteiger partial charge in [-0.25, -0.2) is 8.42 Å². The Labute approximate surface area is 177 Å². The lowest BCUT2D eigenvalue weighted by atomic mass is 10.1. The SMILES string of the molecule is CC(c1ccc(OC(F)(F)F)cc1)N1CCN(S(=O)(=O)c2ccccc2[N+](=O)[O-])CC1. The van der Waals surface area contributed by atoms with Crippen LogP contribution in [0.15, 0.2) is 53.4 Å². The van der Waals surface area contributed by atoms with E-state index in [4.69, 9.17) is 0 Å². The molecule has 168 valence electrons. The second kappa shape index (κ2) is 8.81. The molecule has 0 spiro atoms. The zero-order chi connectivity index (χ0) is 22.8. The van der Waals surface area contributed by atoms with Crippen molar-refractivity contribution >= 4 is 15.7 Å². The number of para-hydroxylation sites is 1. The number of piperazine rings is 1. The molecule has 0 aliphatic carbocycles. The van der Waals surface area contributed by atoms with Crippen LogP contribution in [0.25, 0.3) is 0 Å². The van der Waals surface area contributed by atoms with Gasteiger partial charge in [0.05, 0.1) is 4.92 Å². The van der Waals surface area contributed by atoms with Crippen LogP contribution in [0.4, 0.5) is 18.9 Å². The van der Waals surface area contributed by atoms with E-state index in [1.54, 1.807) is 0 Å². The summed E-state index contributed by atoms with van der Waals surface area (Å²) in [5.41, 5.74) is 0.281. The van der Waals surface area contributed by atoms with Crippen molar-refractivity contribution in [2.45, 2.75) is 24.2 Å². The number of hydrogen-bond donors (Lipinski definition) is 0. The van der Waals surface area contributed by atoms with Crippen molar-refractivity contribution in [2.75, 3.05) is 26.2 Å². The van der Waals surface area contributed by atoms with Crippen LogP contribution < -0.4 is 4.74 Å². The minimum absolute atomic E-state index is 0.133. The summed E-state index contributed by atoms with van der Waals surface area (Å²) in [4.78, 5) is 12.1. The second-order valence-electron chi connectivity index (χ2n) is 6.96. The smallest absolute Gasteiger partial charge is 0.406 e. The maximum Gasteiger partial charge on any atom is 0.573 e. The number of hydrogen-bond acceptors (Lipinski definition) is 6. The predicted molar refractivity (Wildman–Crippen MR) is 105 cm³/mol. The number of rotatable bonds is 6. The number of nitrogens with zero attached hydrogens (tertiary/aromatic N) is 3. The molecule has 0 amide bonds. The zero-order valence-electron chi connectivity index (χ0n) is 16.4. The monoisotopic (exact) mass is 459 g/mol. The molecule has 0 N–H and O–H groups in total. The van der Waals surface area contributed by atoms with E-state index in [0.717, 1.165) is 11.6 Å². The van der Waals surface area contributed by atoms with Crippen molar-refractivity contribution in [2.24, 2.45) is 0 Å². The Hall–Kier alpha value is -2.70. The summed E-state index contributed by atoms with van der Waals surface area (Å²) in [6.45, 7) is 2.86. The second-order valence-corrected chi connectivity index (χ2v) is 8.86. The van der Waals surface area contributed by atoms with E-state index in [9.17, 15) is 31.7 Å². The molecule has 1 heterocycles. The summed E-state index contributed by atoms with van der Waals surface area (Å²) < 4.78 is 67.8. The molecule has 0 saturated carbocycles. The van der Waals surface area contributed by atoms with Crippen LogP contribution in [-0.4, -0.2) is 55.1 Å². The average Bonchev–Trinajstić information content (AvgIpc) is 2.72. The largest absolute Gasteiger partial charge is 0.573 e. The van der Waals surface area contributed by atoms with Crippen LogP contribution >= 0.6 is 0 Å². The molecule has 2 aromatic rings. The minimum atomic E-state index is -4.76.